The SMILES string of the molecule is CN=C(NCCCc1cnn(C)c1)NCC1(c2ccc(OC)c(OC)c2)CCCCC1. The van der Waals surface area contributed by atoms with Gasteiger partial charge < -0.3 is 20.1 Å². The molecule has 31 heavy (non-hydrogen) atoms. The maximum absolute atomic E-state index is 5.58. The van der Waals surface area contributed by atoms with E-state index in [2.05, 4.69) is 39.1 Å². The first kappa shape index (κ1) is 23.0. The molecule has 7 nitrogen and oxygen atoms in total. The summed E-state index contributed by atoms with van der Waals surface area (Å²) in [6.45, 7) is 1.72. The third-order valence-electron chi connectivity index (χ3n) is 6.32. The van der Waals surface area contributed by atoms with Gasteiger partial charge in [-0.3, -0.25) is 9.67 Å². The van der Waals surface area contributed by atoms with Gasteiger partial charge in [-0.25, -0.2) is 0 Å². The smallest absolute Gasteiger partial charge is 0.191 e. The van der Waals surface area contributed by atoms with Gasteiger partial charge in [-0.2, -0.15) is 5.10 Å². The molecule has 7 heteroatoms. The van der Waals surface area contributed by atoms with Crippen LogP contribution in [0.25, 0.3) is 0 Å². The number of nitrogens with zero attached hydrogens (tertiary/aromatic N) is 3. The number of aryl methyl sites for hydroxylation is 2. The van der Waals surface area contributed by atoms with Crippen LogP contribution < -0.4 is 20.1 Å². The molecular weight excluding hydrogens is 390 g/mol. The first-order valence-corrected chi connectivity index (χ1v) is 11.2. The van der Waals surface area contributed by atoms with Crippen LogP contribution in [0.1, 0.15) is 49.7 Å². The van der Waals surface area contributed by atoms with Crippen molar-refractivity contribution >= 4 is 5.96 Å². The molecule has 1 aromatic heterocycles. The quantitative estimate of drug-likeness (QED) is 0.364. The van der Waals surface area contributed by atoms with E-state index < -0.39 is 0 Å². The van der Waals surface area contributed by atoms with Gasteiger partial charge in [0.05, 0.1) is 20.4 Å². The lowest BCUT2D eigenvalue weighted by molar-refractivity contribution is 0.288. The molecule has 0 bridgehead atoms. The molecule has 3 rings (SSSR count). The molecule has 0 spiro atoms. The van der Waals surface area contributed by atoms with Crippen molar-refractivity contribution < 1.29 is 9.47 Å². The summed E-state index contributed by atoms with van der Waals surface area (Å²) >= 11 is 0. The van der Waals surface area contributed by atoms with Crippen molar-refractivity contribution in [3.05, 3.63) is 41.7 Å². The molecule has 0 atom stereocenters. The van der Waals surface area contributed by atoms with Crippen LogP contribution in [-0.2, 0) is 18.9 Å². The zero-order valence-corrected chi connectivity index (χ0v) is 19.4. The molecule has 1 aliphatic carbocycles. The van der Waals surface area contributed by atoms with Gasteiger partial charge in [-0.15, -0.1) is 0 Å². The number of methoxy groups -OCH3 is 2. The second-order valence-corrected chi connectivity index (χ2v) is 8.39. The average Bonchev–Trinajstić information content (AvgIpc) is 3.23. The van der Waals surface area contributed by atoms with E-state index in [4.69, 9.17) is 9.47 Å². The molecule has 0 unspecified atom stereocenters. The molecule has 2 aromatic rings. The lowest BCUT2D eigenvalue weighted by atomic mass is 9.69. The summed E-state index contributed by atoms with van der Waals surface area (Å²) < 4.78 is 12.9. The first-order chi connectivity index (χ1) is 15.1. The second kappa shape index (κ2) is 11.1. The molecule has 0 amide bonds. The molecule has 1 fully saturated rings. The van der Waals surface area contributed by atoms with Crippen molar-refractivity contribution in [2.75, 3.05) is 34.4 Å². The Hall–Kier alpha value is -2.70. The van der Waals surface area contributed by atoms with E-state index in [1.807, 2.05) is 31.0 Å². The number of ether oxygens (including phenoxy) is 2. The minimum Gasteiger partial charge on any atom is -0.493 e. The van der Waals surface area contributed by atoms with Crippen LogP contribution in [0.5, 0.6) is 11.5 Å². The summed E-state index contributed by atoms with van der Waals surface area (Å²) in [7, 11) is 7.16. The van der Waals surface area contributed by atoms with Crippen LogP contribution in [0.4, 0.5) is 0 Å². The van der Waals surface area contributed by atoms with Crippen LogP contribution in [0.15, 0.2) is 35.6 Å². The largest absolute Gasteiger partial charge is 0.493 e. The van der Waals surface area contributed by atoms with Gasteiger partial charge in [0, 0.05) is 38.8 Å². The molecule has 0 saturated heterocycles. The van der Waals surface area contributed by atoms with E-state index >= 15 is 0 Å². The van der Waals surface area contributed by atoms with Gasteiger partial charge in [0.2, 0.25) is 0 Å². The van der Waals surface area contributed by atoms with Gasteiger partial charge in [0.25, 0.3) is 0 Å². The van der Waals surface area contributed by atoms with E-state index in [0.717, 1.165) is 56.2 Å². The highest BCUT2D eigenvalue weighted by atomic mass is 16.5. The highest BCUT2D eigenvalue weighted by Gasteiger charge is 2.34. The molecule has 2 N–H and O–H groups in total. The maximum Gasteiger partial charge on any atom is 0.191 e. The number of hydrogen-bond donors (Lipinski definition) is 2. The predicted molar refractivity (Wildman–Crippen MR) is 125 cm³/mol. The molecule has 1 aromatic carbocycles. The minimum atomic E-state index is 0.0745. The van der Waals surface area contributed by atoms with Crippen LogP contribution in [0, 0.1) is 0 Å². The van der Waals surface area contributed by atoms with E-state index in [1.54, 1.807) is 14.2 Å². The Bertz CT molecular complexity index is 855. The Morgan fingerprint density at radius 2 is 1.90 bits per heavy atom. The van der Waals surface area contributed by atoms with Crippen molar-refractivity contribution in [3.63, 3.8) is 0 Å². The Kier molecular flexibility index (Phi) is 8.20. The first-order valence-electron chi connectivity index (χ1n) is 11.2. The normalized spacial score (nSPS) is 16.1. The Morgan fingerprint density at radius 1 is 1.13 bits per heavy atom. The Labute approximate surface area is 186 Å². The third-order valence-corrected chi connectivity index (χ3v) is 6.32. The number of rotatable bonds is 9. The number of nitrogens with one attached hydrogen (secondary N) is 2. The van der Waals surface area contributed by atoms with E-state index in [1.165, 1.54) is 30.4 Å². The molecular formula is C24H37N5O2. The lowest BCUT2D eigenvalue weighted by Gasteiger charge is -2.38. The third kappa shape index (κ3) is 5.93. The standard InChI is InChI=1S/C24H37N5O2/c1-25-23(26-14-8-9-19-16-28-29(2)17-19)27-18-24(12-6-5-7-13-24)20-10-11-21(30-3)22(15-20)31-4/h10-11,15-17H,5-9,12-14,18H2,1-4H3,(H2,25,26,27). The van der Waals surface area contributed by atoms with Crippen LogP contribution in [-0.4, -0.2) is 50.1 Å². The summed E-state index contributed by atoms with van der Waals surface area (Å²) in [6, 6.07) is 6.37. The van der Waals surface area contributed by atoms with E-state index in [0.29, 0.717) is 0 Å². The highest BCUT2D eigenvalue weighted by Crippen LogP contribution is 2.42. The lowest BCUT2D eigenvalue weighted by Crippen LogP contribution is -2.46. The summed E-state index contributed by atoms with van der Waals surface area (Å²) in [6.07, 6.45) is 12.2. The van der Waals surface area contributed by atoms with Crippen molar-refractivity contribution in [1.29, 1.82) is 0 Å². The zero-order valence-electron chi connectivity index (χ0n) is 19.4. The van der Waals surface area contributed by atoms with Crippen molar-refractivity contribution in [2.45, 2.75) is 50.4 Å². The van der Waals surface area contributed by atoms with E-state index in [9.17, 15) is 0 Å². The highest BCUT2D eigenvalue weighted by molar-refractivity contribution is 5.79. The zero-order chi connectivity index (χ0) is 22.1. The fraction of sp³-hybridized carbons (Fsp3) is 0.583. The van der Waals surface area contributed by atoms with E-state index in [-0.39, 0.29) is 5.41 Å². The maximum atomic E-state index is 5.58. The van der Waals surface area contributed by atoms with Gasteiger partial charge in [0.1, 0.15) is 0 Å². The topological polar surface area (TPSA) is 72.7 Å². The van der Waals surface area contributed by atoms with Crippen LogP contribution in [0.2, 0.25) is 0 Å². The number of aliphatic imine (C=N–C) groups is 1. The molecule has 1 aliphatic rings. The predicted octanol–water partition coefficient (Wildman–Crippen LogP) is 3.44. The minimum absolute atomic E-state index is 0.0745. The molecule has 0 radical (unpaired) electrons. The number of aromatic nitrogens is 2. The molecule has 0 aliphatic heterocycles. The average molecular weight is 428 g/mol. The summed E-state index contributed by atoms with van der Waals surface area (Å²) in [4.78, 5) is 4.44. The molecule has 1 saturated carbocycles. The summed E-state index contributed by atoms with van der Waals surface area (Å²) in [5.74, 6) is 2.43. The Morgan fingerprint density at radius 3 is 2.55 bits per heavy atom. The fourth-order valence-corrected chi connectivity index (χ4v) is 4.54. The van der Waals surface area contributed by atoms with Crippen LogP contribution in [0.3, 0.4) is 0 Å². The molecule has 1 heterocycles. The fourth-order valence-electron chi connectivity index (χ4n) is 4.54. The van der Waals surface area contributed by atoms with Crippen molar-refractivity contribution in [2.24, 2.45) is 12.0 Å². The number of benzene rings is 1. The Balaban J connectivity index is 1.61. The molecule has 170 valence electrons. The second-order valence-electron chi connectivity index (χ2n) is 8.39. The monoisotopic (exact) mass is 427 g/mol. The van der Waals surface area contributed by atoms with Crippen molar-refractivity contribution in [3.8, 4) is 11.5 Å². The van der Waals surface area contributed by atoms with Gasteiger partial charge >= 0.3 is 0 Å². The van der Waals surface area contributed by atoms with Crippen LogP contribution >= 0.6 is 0 Å². The van der Waals surface area contributed by atoms with Gasteiger partial charge in [0.15, 0.2) is 17.5 Å². The van der Waals surface area contributed by atoms with Gasteiger partial charge in [-0.05, 0) is 48.9 Å². The van der Waals surface area contributed by atoms with Gasteiger partial charge in [-0.1, -0.05) is 25.3 Å². The van der Waals surface area contributed by atoms with Crippen molar-refractivity contribution in [1.82, 2.24) is 20.4 Å². The number of hydrogen-bond acceptors (Lipinski definition) is 4. The number of guanidine groups is 1. The summed E-state index contributed by atoms with van der Waals surface area (Å²) in [5, 5.41) is 11.3. The summed E-state index contributed by atoms with van der Waals surface area (Å²) in [5.41, 5.74) is 2.65.